The predicted molar refractivity (Wildman–Crippen MR) is 104 cm³/mol. The molecule has 0 aliphatic carbocycles. The van der Waals surface area contributed by atoms with Gasteiger partial charge in [-0.1, -0.05) is 30.3 Å². The number of nitrogens with zero attached hydrogens (tertiary/aromatic N) is 3. The lowest BCUT2D eigenvalue weighted by Gasteiger charge is -2.09. The maximum absolute atomic E-state index is 12.3. The van der Waals surface area contributed by atoms with Crippen molar-refractivity contribution in [3.05, 3.63) is 78.8 Å². The van der Waals surface area contributed by atoms with Crippen LogP contribution in [-0.2, 0) is 11.2 Å². The number of halogens is 2. The largest absolute Gasteiger partial charge is 0.435 e. The number of benzene rings is 2. The minimum atomic E-state index is -2.91. The lowest BCUT2D eigenvalue weighted by molar-refractivity contribution is -0.115. The molecule has 0 spiro atoms. The Hall–Kier alpha value is -3.81. The number of aromatic nitrogens is 3. The van der Waals surface area contributed by atoms with Crippen molar-refractivity contribution in [3.8, 4) is 16.9 Å². The average Bonchev–Trinajstić information content (AvgIpc) is 3.16. The molecule has 146 valence electrons. The van der Waals surface area contributed by atoms with E-state index in [0.29, 0.717) is 5.69 Å². The molecule has 1 amide bonds. The highest BCUT2D eigenvalue weighted by atomic mass is 19.3. The number of alkyl halides is 2. The Morgan fingerprint density at radius 1 is 1.07 bits per heavy atom. The molecule has 1 N–H and O–H groups in total. The number of amides is 1. The molecule has 0 bridgehead atoms. The zero-order chi connectivity index (χ0) is 20.2. The van der Waals surface area contributed by atoms with Gasteiger partial charge in [-0.05, 0) is 41.0 Å². The molecule has 0 atom stereocenters. The molecular formula is C21H16F2N4O2. The maximum Gasteiger partial charge on any atom is 0.387 e. The van der Waals surface area contributed by atoms with Crippen molar-refractivity contribution in [1.82, 2.24) is 14.6 Å². The molecule has 2 aromatic heterocycles. The van der Waals surface area contributed by atoms with E-state index in [1.54, 1.807) is 10.6 Å². The highest BCUT2D eigenvalue weighted by Crippen LogP contribution is 2.22. The molecule has 0 radical (unpaired) electrons. The van der Waals surface area contributed by atoms with Crippen LogP contribution in [0.5, 0.6) is 5.75 Å². The summed E-state index contributed by atoms with van der Waals surface area (Å²) in [5, 5.41) is 6.76. The van der Waals surface area contributed by atoms with E-state index in [4.69, 9.17) is 0 Å². The monoisotopic (exact) mass is 394 g/mol. The Balaban J connectivity index is 1.41. The number of pyridine rings is 1. The summed E-state index contributed by atoms with van der Waals surface area (Å²) in [6, 6.07) is 17.4. The fourth-order valence-corrected chi connectivity index (χ4v) is 2.95. The van der Waals surface area contributed by atoms with Gasteiger partial charge < -0.3 is 10.1 Å². The molecule has 2 heterocycles. The van der Waals surface area contributed by atoms with E-state index in [9.17, 15) is 13.6 Å². The second-order valence-corrected chi connectivity index (χ2v) is 6.31. The zero-order valence-electron chi connectivity index (χ0n) is 15.1. The second-order valence-electron chi connectivity index (χ2n) is 6.31. The van der Waals surface area contributed by atoms with Gasteiger partial charge in [-0.25, -0.2) is 9.50 Å². The van der Waals surface area contributed by atoms with Crippen LogP contribution < -0.4 is 10.1 Å². The minimum absolute atomic E-state index is 0.00760. The Kier molecular flexibility index (Phi) is 5.15. The predicted octanol–water partition coefficient (Wildman–Crippen LogP) is 4.18. The summed E-state index contributed by atoms with van der Waals surface area (Å²) in [5.74, 6) is -0.261. The number of carbonyl (C=O) groups is 1. The molecule has 4 aromatic rings. The number of hydrogen-bond donors (Lipinski definition) is 1. The molecular weight excluding hydrogens is 378 g/mol. The summed E-state index contributed by atoms with van der Waals surface area (Å²) < 4.78 is 30.6. The van der Waals surface area contributed by atoms with Crippen molar-refractivity contribution in [2.75, 3.05) is 5.32 Å². The summed E-state index contributed by atoms with van der Waals surface area (Å²) in [6.07, 6.45) is 3.49. The quantitative estimate of drug-likeness (QED) is 0.533. The first kappa shape index (κ1) is 18.5. The maximum atomic E-state index is 12.3. The first-order valence-corrected chi connectivity index (χ1v) is 8.80. The lowest BCUT2D eigenvalue weighted by atomic mass is 10.0. The van der Waals surface area contributed by atoms with Crippen molar-refractivity contribution >= 4 is 17.2 Å². The lowest BCUT2D eigenvalue weighted by Crippen LogP contribution is -2.14. The van der Waals surface area contributed by atoms with Crippen LogP contribution in [-0.4, -0.2) is 27.1 Å². The number of rotatable bonds is 6. The number of nitrogens with one attached hydrogen (secondary N) is 1. The molecule has 0 saturated heterocycles. The fourth-order valence-electron chi connectivity index (χ4n) is 2.95. The molecule has 0 unspecified atom stereocenters. The Bertz CT molecular complexity index is 1140. The number of carbonyl (C=O) groups excluding carboxylic acids is 1. The summed E-state index contributed by atoms with van der Waals surface area (Å²) in [6.45, 7) is -2.91. The van der Waals surface area contributed by atoms with Crippen molar-refractivity contribution in [3.63, 3.8) is 0 Å². The third-order valence-corrected chi connectivity index (χ3v) is 4.28. The molecule has 4 rings (SSSR count). The highest BCUT2D eigenvalue weighted by molar-refractivity contribution is 5.92. The van der Waals surface area contributed by atoms with E-state index in [0.717, 1.165) is 22.3 Å². The molecule has 0 saturated carbocycles. The fraction of sp³-hybridized carbons (Fsp3) is 0.0952. The number of anilines is 1. The smallest absolute Gasteiger partial charge is 0.387 e. The van der Waals surface area contributed by atoms with Gasteiger partial charge in [0, 0.05) is 18.0 Å². The summed E-state index contributed by atoms with van der Waals surface area (Å²) in [4.78, 5) is 16.4. The topological polar surface area (TPSA) is 68.5 Å². The molecule has 29 heavy (non-hydrogen) atoms. The summed E-state index contributed by atoms with van der Waals surface area (Å²) in [5.41, 5.74) is 3.97. The van der Waals surface area contributed by atoms with Crippen LogP contribution in [0.15, 0.2) is 73.2 Å². The Morgan fingerprint density at radius 3 is 2.69 bits per heavy atom. The van der Waals surface area contributed by atoms with Crippen LogP contribution in [0.25, 0.3) is 16.8 Å². The zero-order valence-corrected chi connectivity index (χ0v) is 15.1. The van der Waals surface area contributed by atoms with Crippen molar-refractivity contribution < 1.29 is 18.3 Å². The Morgan fingerprint density at radius 2 is 1.90 bits per heavy atom. The average molecular weight is 394 g/mol. The van der Waals surface area contributed by atoms with Crippen LogP contribution >= 0.6 is 0 Å². The van der Waals surface area contributed by atoms with Gasteiger partial charge in [0.15, 0.2) is 5.65 Å². The van der Waals surface area contributed by atoms with Gasteiger partial charge in [0.1, 0.15) is 12.1 Å². The van der Waals surface area contributed by atoms with Gasteiger partial charge in [0.25, 0.3) is 0 Å². The van der Waals surface area contributed by atoms with Crippen LogP contribution in [0, 0.1) is 0 Å². The van der Waals surface area contributed by atoms with E-state index in [-0.39, 0.29) is 18.1 Å². The van der Waals surface area contributed by atoms with Gasteiger partial charge in [-0.3, -0.25) is 4.79 Å². The van der Waals surface area contributed by atoms with E-state index < -0.39 is 6.61 Å². The van der Waals surface area contributed by atoms with Gasteiger partial charge in [-0.2, -0.15) is 13.9 Å². The standard InChI is InChI=1S/C21H16F2N4O2/c22-21(23)29-18-3-1-2-17(12-18)26-20(28)10-14-4-6-15(7-5-14)16-8-9-27-19(11-16)24-13-25-27/h1-9,11-13,21H,10H2,(H,26,28). The van der Waals surface area contributed by atoms with Crippen molar-refractivity contribution in [1.29, 1.82) is 0 Å². The third kappa shape index (κ3) is 4.55. The van der Waals surface area contributed by atoms with Gasteiger partial charge in [0.2, 0.25) is 5.91 Å². The molecule has 0 aliphatic heterocycles. The normalized spacial score (nSPS) is 11.0. The molecule has 8 heteroatoms. The highest BCUT2D eigenvalue weighted by Gasteiger charge is 2.08. The van der Waals surface area contributed by atoms with E-state index in [1.807, 2.05) is 42.6 Å². The number of hydrogen-bond acceptors (Lipinski definition) is 4. The number of fused-ring (bicyclic) bond motifs is 1. The molecule has 6 nitrogen and oxygen atoms in total. The van der Waals surface area contributed by atoms with Gasteiger partial charge in [0.05, 0.1) is 6.42 Å². The summed E-state index contributed by atoms with van der Waals surface area (Å²) in [7, 11) is 0. The van der Waals surface area contributed by atoms with Crippen LogP contribution in [0.4, 0.5) is 14.5 Å². The van der Waals surface area contributed by atoms with E-state index in [2.05, 4.69) is 20.1 Å². The minimum Gasteiger partial charge on any atom is -0.435 e. The van der Waals surface area contributed by atoms with Gasteiger partial charge >= 0.3 is 6.61 Å². The van der Waals surface area contributed by atoms with Gasteiger partial charge in [-0.15, -0.1) is 0 Å². The van der Waals surface area contributed by atoms with E-state index >= 15 is 0 Å². The Labute approximate surface area is 164 Å². The molecule has 2 aromatic carbocycles. The van der Waals surface area contributed by atoms with Crippen LogP contribution in [0.3, 0.4) is 0 Å². The summed E-state index contributed by atoms with van der Waals surface area (Å²) >= 11 is 0. The van der Waals surface area contributed by atoms with Crippen LogP contribution in [0.2, 0.25) is 0 Å². The molecule has 0 aliphatic rings. The number of ether oxygens (including phenoxy) is 1. The van der Waals surface area contributed by atoms with E-state index in [1.165, 1.54) is 24.5 Å². The van der Waals surface area contributed by atoms with Crippen LogP contribution in [0.1, 0.15) is 5.56 Å². The third-order valence-electron chi connectivity index (χ3n) is 4.28. The first-order valence-electron chi connectivity index (χ1n) is 8.80. The first-order chi connectivity index (χ1) is 14.1. The van der Waals surface area contributed by atoms with Crippen molar-refractivity contribution in [2.45, 2.75) is 13.0 Å². The SMILES string of the molecule is O=C(Cc1ccc(-c2ccn3ncnc3c2)cc1)Nc1cccc(OC(F)F)c1. The molecule has 0 fully saturated rings. The second kappa shape index (κ2) is 8.05. The van der Waals surface area contributed by atoms with Crippen molar-refractivity contribution in [2.24, 2.45) is 0 Å².